The maximum Gasteiger partial charge on any atom is 0.251 e. The van der Waals surface area contributed by atoms with Gasteiger partial charge >= 0.3 is 0 Å². The molecule has 2 heterocycles. The normalized spacial score (nSPS) is 20.4. The van der Waals surface area contributed by atoms with Gasteiger partial charge in [0.05, 0.1) is 0 Å². The van der Waals surface area contributed by atoms with Gasteiger partial charge in [-0.05, 0) is 69.2 Å². The standard InChI is InChI=1S/C16H23N3O/c1-19-8-5-15(6-9-19)18-16(20)13-3-2-12-4-7-17-11-14(12)10-13/h2-3,10,15,17H,4-9,11H2,1H3,(H,18,20). The molecule has 0 bridgehead atoms. The molecular weight excluding hydrogens is 250 g/mol. The highest BCUT2D eigenvalue weighted by molar-refractivity contribution is 5.94. The van der Waals surface area contributed by atoms with Crippen LogP contribution >= 0.6 is 0 Å². The first-order valence-corrected chi connectivity index (χ1v) is 7.54. The van der Waals surface area contributed by atoms with E-state index in [-0.39, 0.29) is 5.91 Å². The van der Waals surface area contributed by atoms with Gasteiger partial charge in [0.25, 0.3) is 5.91 Å². The molecule has 0 aliphatic carbocycles. The average molecular weight is 273 g/mol. The van der Waals surface area contributed by atoms with Crippen molar-refractivity contribution in [1.82, 2.24) is 15.5 Å². The number of hydrogen-bond donors (Lipinski definition) is 2. The highest BCUT2D eigenvalue weighted by Crippen LogP contribution is 2.16. The number of nitrogens with one attached hydrogen (secondary N) is 2. The number of nitrogens with zero attached hydrogens (tertiary/aromatic N) is 1. The van der Waals surface area contributed by atoms with E-state index in [1.807, 2.05) is 12.1 Å². The molecule has 1 aromatic rings. The molecule has 2 aliphatic heterocycles. The van der Waals surface area contributed by atoms with Gasteiger partial charge < -0.3 is 15.5 Å². The molecule has 0 saturated carbocycles. The van der Waals surface area contributed by atoms with Crippen LogP contribution in [0.4, 0.5) is 0 Å². The van der Waals surface area contributed by atoms with E-state index < -0.39 is 0 Å². The number of carbonyl (C=O) groups is 1. The molecule has 1 saturated heterocycles. The lowest BCUT2D eigenvalue weighted by Crippen LogP contribution is -2.43. The number of fused-ring (bicyclic) bond motifs is 1. The van der Waals surface area contributed by atoms with Crippen LogP contribution < -0.4 is 10.6 Å². The zero-order valence-corrected chi connectivity index (χ0v) is 12.1. The summed E-state index contributed by atoms with van der Waals surface area (Å²) >= 11 is 0. The van der Waals surface area contributed by atoms with Crippen molar-refractivity contribution in [3.8, 4) is 0 Å². The molecule has 0 unspecified atom stereocenters. The fourth-order valence-corrected chi connectivity index (χ4v) is 3.04. The van der Waals surface area contributed by atoms with Gasteiger partial charge in [0.15, 0.2) is 0 Å². The Hall–Kier alpha value is -1.39. The predicted molar refractivity (Wildman–Crippen MR) is 79.8 cm³/mol. The van der Waals surface area contributed by atoms with E-state index in [4.69, 9.17) is 0 Å². The molecule has 0 radical (unpaired) electrons. The molecule has 4 nitrogen and oxygen atoms in total. The summed E-state index contributed by atoms with van der Waals surface area (Å²) in [7, 11) is 2.13. The predicted octanol–water partition coefficient (Wildman–Crippen LogP) is 1.16. The summed E-state index contributed by atoms with van der Waals surface area (Å²) in [6, 6.07) is 6.45. The topological polar surface area (TPSA) is 44.4 Å². The van der Waals surface area contributed by atoms with Gasteiger partial charge in [0, 0.05) is 18.2 Å². The van der Waals surface area contributed by atoms with Crippen LogP contribution in [0.2, 0.25) is 0 Å². The summed E-state index contributed by atoms with van der Waals surface area (Å²) in [6.07, 6.45) is 3.16. The number of piperidine rings is 1. The van der Waals surface area contributed by atoms with E-state index in [1.54, 1.807) is 0 Å². The molecular formula is C16H23N3O. The third kappa shape index (κ3) is 3.02. The molecule has 0 aromatic heterocycles. The van der Waals surface area contributed by atoms with Crippen molar-refractivity contribution in [2.24, 2.45) is 0 Å². The van der Waals surface area contributed by atoms with Crippen molar-refractivity contribution >= 4 is 5.91 Å². The smallest absolute Gasteiger partial charge is 0.251 e. The highest BCUT2D eigenvalue weighted by Gasteiger charge is 2.19. The highest BCUT2D eigenvalue weighted by atomic mass is 16.1. The third-order valence-electron chi connectivity index (χ3n) is 4.41. The lowest BCUT2D eigenvalue weighted by Gasteiger charge is -2.29. The van der Waals surface area contributed by atoms with E-state index in [2.05, 4.69) is 28.6 Å². The van der Waals surface area contributed by atoms with E-state index in [0.717, 1.165) is 51.0 Å². The fraction of sp³-hybridized carbons (Fsp3) is 0.562. The van der Waals surface area contributed by atoms with Gasteiger partial charge in [-0.15, -0.1) is 0 Å². The Balaban J connectivity index is 1.65. The van der Waals surface area contributed by atoms with Gasteiger partial charge in [0.1, 0.15) is 0 Å². The Kier molecular flexibility index (Phi) is 4.03. The van der Waals surface area contributed by atoms with Crippen molar-refractivity contribution < 1.29 is 4.79 Å². The van der Waals surface area contributed by atoms with Crippen molar-refractivity contribution in [2.45, 2.75) is 31.8 Å². The Morgan fingerprint density at radius 2 is 2.10 bits per heavy atom. The summed E-state index contributed by atoms with van der Waals surface area (Å²) < 4.78 is 0. The molecule has 0 spiro atoms. The first-order chi connectivity index (χ1) is 9.72. The number of amides is 1. The average Bonchev–Trinajstić information content (AvgIpc) is 2.49. The number of hydrogen-bond acceptors (Lipinski definition) is 3. The molecule has 2 N–H and O–H groups in total. The number of rotatable bonds is 2. The van der Waals surface area contributed by atoms with E-state index >= 15 is 0 Å². The van der Waals surface area contributed by atoms with Crippen molar-refractivity contribution in [3.05, 3.63) is 34.9 Å². The van der Waals surface area contributed by atoms with Crippen LogP contribution in [0.5, 0.6) is 0 Å². The second-order valence-corrected chi connectivity index (χ2v) is 5.96. The Morgan fingerprint density at radius 1 is 1.30 bits per heavy atom. The van der Waals surface area contributed by atoms with Crippen LogP contribution in [0.1, 0.15) is 34.3 Å². The molecule has 108 valence electrons. The van der Waals surface area contributed by atoms with Crippen LogP contribution in [0.25, 0.3) is 0 Å². The Bertz CT molecular complexity index is 492. The first-order valence-electron chi connectivity index (χ1n) is 7.54. The SMILES string of the molecule is CN1CCC(NC(=O)c2ccc3c(c2)CNCC3)CC1. The van der Waals surface area contributed by atoms with Crippen LogP contribution in [0.3, 0.4) is 0 Å². The number of benzene rings is 1. The van der Waals surface area contributed by atoms with Gasteiger partial charge in [-0.1, -0.05) is 6.07 Å². The maximum absolute atomic E-state index is 12.3. The minimum Gasteiger partial charge on any atom is -0.349 e. The largest absolute Gasteiger partial charge is 0.349 e. The minimum absolute atomic E-state index is 0.0768. The van der Waals surface area contributed by atoms with Crippen LogP contribution in [0, 0.1) is 0 Å². The Morgan fingerprint density at radius 3 is 2.90 bits per heavy atom. The zero-order valence-electron chi connectivity index (χ0n) is 12.1. The van der Waals surface area contributed by atoms with Crippen LogP contribution in [0.15, 0.2) is 18.2 Å². The van der Waals surface area contributed by atoms with Gasteiger partial charge in [0.2, 0.25) is 0 Å². The molecule has 4 heteroatoms. The molecule has 3 rings (SSSR count). The summed E-state index contributed by atoms with van der Waals surface area (Å²) in [4.78, 5) is 14.6. The molecule has 1 fully saturated rings. The quantitative estimate of drug-likeness (QED) is 0.850. The van der Waals surface area contributed by atoms with Crippen molar-refractivity contribution in [3.63, 3.8) is 0 Å². The molecule has 0 atom stereocenters. The van der Waals surface area contributed by atoms with E-state index in [1.165, 1.54) is 11.1 Å². The Labute approximate surface area is 120 Å². The summed E-state index contributed by atoms with van der Waals surface area (Å²) in [6.45, 7) is 4.05. The summed E-state index contributed by atoms with van der Waals surface area (Å²) in [5.41, 5.74) is 3.44. The molecule has 20 heavy (non-hydrogen) atoms. The molecule has 1 amide bonds. The van der Waals surface area contributed by atoms with Gasteiger partial charge in [-0.25, -0.2) is 0 Å². The van der Waals surface area contributed by atoms with E-state index in [0.29, 0.717) is 6.04 Å². The second kappa shape index (κ2) is 5.94. The lowest BCUT2D eigenvalue weighted by atomic mass is 9.98. The molecule has 2 aliphatic rings. The maximum atomic E-state index is 12.3. The minimum atomic E-state index is 0.0768. The van der Waals surface area contributed by atoms with Crippen molar-refractivity contribution in [1.29, 1.82) is 0 Å². The summed E-state index contributed by atoms with van der Waals surface area (Å²) in [5, 5.41) is 6.53. The monoisotopic (exact) mass is 273 g/mol. The second-order valence-electron chi connectivity index (χ2n) is 5.96. The van der Waals surface area contributed by atoms with Crippen LogP contribution in [-0.2, 0) is 13.0 Å². The van der Waals surface area contributed by atoms with E-state index in [9.17, 15) is 4.79 Å². The first kappa shape index (κ1) is 13.6. The molecule has 1 aromatic carbocycles. The van der Waals surface area contributed by atoms with Crippen molar-refractivity contribution in [2.75, 3.05) is 26.7 Å². The fourth-order valence-electron chi connectivity index (χ4n) is 3.04. The zero-order chi connectivity index (χ0) is 13.9. The number of carbonyl (C=O) groups excluding carboxylic acids is 1. The van der Waals surface area contributed by atoms with Crippen LogP contribution in [-0.4, -0.2) is 43.5 Å². The number of likely N-dealkylation sites (tertiary alicyclic amines) is 1. The van der Waals surface area contributed by atoms with Gasteiger partial charge in [-0.2, -0.15) is 0 Å². The van der Waals surface area contributed by atoms with Gasteiger partial charge in [-0.3, -0.25) is 4.79 Å². The third-order valence-corrected chi connectivity index (χ3v) is 4.41. The summed E-state index contributed by atoms with van der Waals surface area (Å²) in [5.74, 6) is 0.0768. The lowest BCUT2D eigenvalue weighted by molar-refractivity contribution is 0.0916.